The van der Waals surface area contributed by atoms with Crippen LogP contribution in [-0.4, -0.2) is 33.6 Å². The van der Waals surface area contributed by atoms with Crippen LogP contribution in [0.5, 0.6) is 0 Å². The molecule has 0 aliphatic carbocycles. The van der Waals surface area contributed by atoms with Crippen LogP contribution in [0.25, 0.3) is 22.6 Å². The molecule has 40 heavy (non-hydrogen) atoms. The zero-order valence-electron chi connectivity index (χ0n) is 21.6. The van der Waals surface area contributed by atoms with Crippen LogP contribution in [0.2, 0.25) is 0 Å². The molecule has 1 fully saturated rings. The van der Waals surface area contributed by atoms with Gasteiger partial charge in [0.05, 0.1) is 12.1 Å². The predicted molar refractivity (Wildman–Crippen MR) is 148 cm³/mol. The second kappa shape index (κ2) is 10.2. The number of carbonyl (C=O) groups excluding carboxylic acids is 3. The average Bonchev–Trinajstić information content (AvgIpc) is 3.53. The molecule has 2 heterocycles. The molecule has 198 valence electrons. The third kappa shape index (κ3) is 4.75. The lowest BCUT2D eigenvalue weighted by molar-refractivity contribution is -0.122. The van der Waals surface area contributed by atoms with Crippen LogP contribution in [0, 0.1) is 12.7 Å². The first kappa shape index (κ1) is 25.2. The molecule has 1 aliphatic rings. The SMILES string of the molecule is Cc1ccc(C(=O)N(Cc2ccc(F)cc2)C2CC(=O)N(c3ccc(-c4nc5ccccc5o4)cc3)C2=O)cc1. The molecular weight excluding hydrogens is 509 g/mol. The molecule has 1 saturated heterocycles. The Balaban J connectivity index is 1.29. The number of halogens is 1. The molecule has 0 bridgehead atoms. The third-order valence-corrected chi connectivity index (χ3v) is 6.99. The van der Waals surface area contributed by atoms with Gasteiger partial charge in [-0.1, -0.05) is 42.0 Å². The van der Waals surface area contributed by atoms with E-state index in [-0.39, 0.29) is 18.9 Å². The quantitative estimate of drug-likeness (QED) is 0.253. The molecule has 1 unspecified atom stereocenters. The Hall–Kier alpha value is -5.11. The van der Waals surface area contributed by atoms with Gasteiger partial charge in [-0.05, 0) is 73.2 Å². The molecular formula is C32H24FN3O4. The summed E-state index contributed by atoms with van der Waals surface area (Å²) in [6.07, 6.45) is -0.162. The van der Waals surface area contributed by atoms with Gasteiger partial charge in [0, 0.05) is 17.7 Å². The van der Waals surface area contributed by atoms with E-state index in [0.29, 0.717) is 33.9 Å². The molecule has 7 nitrogen and oxygen atoms in total. The zero-order chi connectivity index (χ0) is 27.8. The van der Waals surface area contributed by atoms with Crippen LogP contribution >= 0.6 is 0 Å². The lowest BCUT2D eigenvalue weighted by Gasteiger charge is -2.28. The highest BCUT2D eigenvalue weighted by molar-refractivity contribution is 6.23. The van der Waals surface area contributed by atoms with Crippen LogP contribution < -0.4 is 4.90 Å². The fraction of sp³-hybridized carbons (Fsp3) is 0.125. The number of carbonyl (C=O) groups is 3. The fourth-order valence-electron chi connectivity index (χ4n) is 4.85. The van der Waals surface area contributed by atoms with E-state index in [1.165, 1.54) is 17.0 Å². The van der Waals surface area contributed by atoms with Crippen molar-refractivity contribution in [1.82, 2.24) is 9.88 Å². The van der Waals surface area contributed by atoms with Crippen molar-refractivity contribution in [2.45, 2.75) is 25.9 Å². The number of amides is 3. The molecule has 1 atom stereocenters. The number of nitrogens with zero attached hydrogens (tertiary/aromatic N) is 3. The van der Waals surface area contributed by atoms with Crippen LogP contribution in [-0.2, 0) is 16.1 Å². The molecule has 3 amide bonds. The van der Waals surface area contributed by atoms with Crippen molar-refractivity contribution in [3.63, 3.8) is 0 Å². The number of oxazole rings is 1. The molecule has 0 radical (unpaired) electrons. The third-order valence-electron chi connectivity index (χ3n) is 6.99. The van der Waals surface area contributed by atoms with E-state index in [0.717, 1.165) is 16.0 Å². The number of aryl methyl sites for hydroxylation is 1. The van der Waals surface area contributed by atoms with Crippen LogP contribution in [0.15, 0.2) is 101 Å². The van der Waals surface area contributed by atoms with E-state index in [4.69, 9.17) is 4.42 Å². The first-order valence-electron chi connectivity index (χ1n) is 12.8. The molecule has 1 aliphatic heterocycles. The number of benzene rings is 4. The highest BCUT2D eigenvalue weighted by Crippen LogP contribution is 2.31. The van der Waals surface area contributed by atoms with Crippen molar-refractivity contribution in [1.29, 1.82) is 0 Å². The van der Waals surface area contributed by atoms with Gasteiger partial charge in [0.1, 0.15) is 17.4 Å². The zero-order valence-corrected chi connectivity index (χ0v) is 21.6. The summed E-state index contributed by atoms with van der Waals surface area (Å²) in [5.41, 5.74) is 4.51. The minimum Gasteiger partial charge on any atom is -0.436 e. The molecule has 0 spiro atoms. The van der Waals surface area contributed by atoms with Crippen molar-refractivity contribution in [2.24, 2.45) is 0 Å². The van der Waals surface area contributed by atoms with Crippen LogP contribution in [0.1, 0.15) is 27.9 Å². The number of imide groups is 1. The second-order valence-electron chi connectivity index (χ2n) is 9.75. The Bertz CT molecular complexity index is 1690. The van der Waals surface area contributed by atoms with Crippen LogP contribution in [0.4, 0.5) is 10.1 Å². The number of fused-ring (bicyclic) bond motifs is 1. The molecule has 0 N–H and O–H groups in total. The van der Waals surface area contributed by atoms with Gasteiger partial charge < -0.3 is 9.32 Å². The smallest absolute Gasteiger partial charge is 0.257 e. The van der Waals surface area contributed by atoms with E-state index < -0.39 is 23.7 Å². The number of rotatable bonds is 6. The lowest BCUT2D eigenvalue weighted by Crippen LogP contribution is -2.45. The van der Waals surface area contributed by atoms with Gasteiger partial charge >= 0.3 is 0 Å². The number of aromatic nitrogens is 1. The number of anilines is 1. The van der Waals surface area contributed by atoms with Crippen molar-refractivity contribution >= 4 is 34.5 Å². The van der Waals surface area contributed by atoms with Crippen molar-refractivity contribution in [2.75, 3.05) is 4.90 Å². The van der Waals surface area contributed by atoms with Gasteiger partial charge in [-0.3, -0.25) is 14.4 Å². The van der Waals surface area contributed by atoms with Crippen molar-refractivity contribution in [3.05, 3.63) is 120 Å². The summed E-state index contributed by atoms with van der Waals surface area (Å²) in [6, 6.07) is 26.0. The highest BCUT2D eigenvalue weighted by Gasteiger charge is 2.44. The maximum Gasteiger partial charge on any atom is 0.257 e. The topological polar surface area (TPSA) is 83.7 Å². The van der Waals surface area contributed by atoms with E-state index >= 15 is 0 Å². The molecule has 8 heteroatoms. The summed E-state index contributed by atoms with van der Waals surface area (Å²) in [5.74, 6) is -1.27. The van der Waals surface area contributed by atoms with Gasteiger partial charge in [0.2, 0.25) is 11.8 Å². The number of hydrogen-bond acceptors (Lipinski definition) is 5. The maximum atomic E-state index is 13.7. The van der Waals surface area contributed by atoms with E-state index in [9.17, 15) is 18.8 Å². The average molecular weight is 534 g/mol. The Morgan fingerprint density at radius 2 is 1.65 bits per heavy atom. The van der Waals surface area contributed by atoms with Gasteiger partial charge in [-0.25, -0.2) is 14.3 Å². The Labute approximate surface area is 229 Å². The van der Waals surface area contributed by atoms with Crippen molar-refractivity contribution < 1.29 is 23.2 Å². The van der Waals surface area contributed by atoms with E-state index in [2.05, 4.69) is 4.98 Å². The highest BCUT2D eigenvalue weighted by atomic mass is 19.1. The standard InChI is InChI=1S/C32H24FN3O4/c1-20-6-10-23(11-7-20)31(38)35(19-21-8-14-24(33)15-9-21)27-18-29(37)36(32(27)39)25-16-12-22(13-17-25)30-34-26-4-2-3-5-28(26)40-30/h2-17,27H,18-19H2,1H3. The van der Waals surface area contributed by atoms with Gasteiger partial charge in [-0.2, -0.15) is 0 Å². The van der Waals surface area contributed by atoms with Gasteiger partial charge in [-0.15, -0.1) is 0 Å². The second-order valence-corrected chi connectivity index (χ2v) is 9.75. The summed E-state index contributed by atoms with van der Waals surface area (Å²) in [4.78, 5) is 47.5. The first-order valence-corrected chi connectivity index (χ1v) is 12.8. The molecule has 1 aromatic heterocycles. The monoisotopic (exact) mass is 533 g/mol. The normalized spacial score (nSPS) is 15.2. The molecule has 6 rings (SSSR count). The Morgan fingerprint density at radius 3 is 2.35 bits per heavy atom. The fourth-order valence-corrected chi connectivity index (χ4v) is 4.85. The molecule has 4 aromatic carbocycles. The Morgan fingerprint density at radius 1 is 0.950 bits per heavy atom. The van der Waals surface area contributed by atoms with E-state index in [1.807, 2.05) is 43.3 Å². The molecule has 5 aromatic rings. The summed E-state index contributed by atoms with van der Waals surface area (Å²) >= 11 is 0. The van der Waals surface area contributed by atoms with Gasteiger partial charge in [0.15, 0.2) is 5.58 Å². The lowest BCUT2D eigenvalue weighted by atomic mass is 10.1. The number of para-hydroxylation sites is 2. The van der Waals surface area contributed by atoms with Gasteiger partial charge in [0.25, 0.3) is 11.8 Å². The van der Waals surface area contributed by atoms with Crippen LogP contribution in [0.3, 0.4) is 0 Å². The summed E-state index contributed by atoms with van der Waals surface area (Å²) < 4.78 is 19.4. The van der Waals surface area contributed by atoms with E-state index in [1.54, 1.807) is 48.5 Å². The predicted octanol–water partition coefficient (Wildman–Crippen LogP) is 5.92. The minimum atomic E-state index is -1.01. The minimum absolute atomic E-state index is 0.0428. The molecule has 0 saturated carbocycles. The summed E-state index contributed by atoms with van der Waals surface area (Å²) in [5, 5.41) is 0. The largest absolute Gasteiger partial charge is 0.436 e. The number of hydrogen-bond donors (Lipinski definition) is 0. The Kier molecular flexibility index (Phi) is 6.43. The summed E-state index contributed by atoms with van der Waals surface area (Å²) in [7, 11) is 0. The first-order chi connectivity index (χ1) is 19.4. The maximum absolute atomic E-state index is 13.7. The van der Waals surface area contributed by atoms with Crippen molar-refractivity contribution in [3.8, 4) is 11.5 Å². The summed E-state index contributed by atoms with van der Waals surface area (Å²) in [6.45, 7) is 1.96.